The van der Waals surface area contributed by atoms with Crippen molar-refractivity contribution >= 4 is 27.7 Å². The Bertz CT molecular complexity index is 418. The Morgan fingerprint density at radius 1 is 1.75 bits per heavy atom. The molecule has 0 aromatic carbocycles. The number of carboxylic acids is 1. The second-order valence-corrected chi connectivity index (χ2v) is 3.27. The molecular weight excluding hydrogens is 176 g/mol. The van der Waals surface area contributed by atoms with Gasteiger partial charge in [-0.15, -0.1) is 11.3 Å². The summed E-state index contributed by atoms with van der Waals surface area (Å²) in [5.41, 5.74) is 3.23. The van der Waals surface area contributed by atoms with E-state index in [1.54, 1.807) is 11.7 Å². The molecule has 2 aromatic heterocycles. The Morgan fingerprint density at radius 2 is 2.58 bits per heavy atom. The average Bonchev–Trinajstić information content (AvgIpc) is 2.52. The van der Waals surface area contributed by atoms with Gasteiger partial charge < -0.3 is 10.1 Å². The van der Waals surface area contributed by atoms with Crippen LogP contribution in [0.2, 0.25) is 0 Å². The van der Waals surface area contributed by atoms with Gasteiger partial charge in [-0.25, -0.2) is 4.98 Å². The lowest BCUT2D eigenvalue weighted by Crippen LogP contribution is -1.98. The number of aromatic amines is 1. The SMILES string of the molecule is O=C(O)Cc1c[nH]c2scnc12. The van der Waals surface area contributed by atoms with Crippen LogP contribution in [0.4, 0.5) is 0 Å². The van der Waals surface area contributed by atoms with Gasteiger partial charge in [0, 0.05) is 11.8 Å². The zero-order valence-electron chi connectivity index (χ0n) is 6.07. The zero-order valence-corrected chi connectivity index (χ0v) is 6.89. The van der Waals surface area contributed by atoms with Gasteiger partial charge in [-0.3, -0.25) is 4.79 Å². The van der Waals surface area contributed by atoms with Crippen LogP contribution in [0.3, 0.4) is 0 Å². The van der Waals surface area contributed by atoms with Crippen molar-refractivity contribution in [2.75, 3.05) is 0 Å². The lowest BCUT2D eigenvalue weighted by atomic mass is 10.2. The number of nitrogens with one attached hydrogen (secondary N) is 1. The van der Waals surface area contributed by atoms with Crippen molar-refractivity contribution in [3.63, 3.8) is 0 Å². The summed E-state index contributed by atoms with van der Waals surface area (Å²) >= 11 is 1.48. The average molecular weight is 182 g/mol. The summed E-state index contributed by atoms with van der Waals surface area (Å²) in [5, 5.41) is 8.54. The van der Waals surface area contributed by atoms with Crippen molar-refractivity contribution in [2.24, 2.45) is 0 Å². The second kappa shape index (κ2) is 2.60. The molecule has 0 fully saturated rings. The van der Waals surface area contributed by atoms with Gasteiger partial charge in [0.1, 0.15) is 10.3 Å². The molecule has 0 saturated heterocycles. The van der Waals surface area contributed by atoms with Crippen molar-refractivity contribution in [3.8, 4) is 0 Å². The van der Waals surface area contributed by atoms with E-state index in [0.29, 0.717) is 0 Å². The van der Waals surface area contributed by atoms with Gasteiger partial charge in [0.15, 0.2) is 0 Å². The molecule has 0 spiro atoms. The summed E-state index contributed by atoms with van der Waals surface area (Å²) in [6.45, 7) is 0. The number of hydrogen-bond acceptors (Lipinski definition) is 3. The number of aromatic nitrogens is 2. The van der Waals surface area contributed by atoms with Crippen molar-refractivity contribution in [3.05, 3.63) is 17.3 Å². The van der Waals surface area contributed by atoms with E-state index in [0.717, 1.165) is 15.9 Å². The monoisotopic (exact) mass is 182 g/mol. The molecule has 62 valence electrons. The number of H-pyrrole nitrogens is 1. The fraction of sp³-hybridized carbons (Fsp3) is 0.143. The summed E-state index contributed by atoms with van der Waals surface area (Å²) in [6.07, 6.45) is 1.73. The first kappa shape index (κ1) is 7.30. The van der Waals surface area contributed by atoms with Crippen LogP contribution < -0.4 is 0 Å². The van der Waals surface area contributed by atoms with E-state index in [2.05, 4.69) is 9.97 Å². The van der Waals surface area contributed by atoms with E-state index < -0.39 is 5.97 Å². The molecular formula is C7H6N2O2S. The van der Waals surface area contributed by atoms with Crippen LogP contribution in [0.1, 0.15) is 5.56 Å². The van der Waals surface area contributed by atoms with E-state index in [4.69, 9.17) is 5.11 Å². The van der Waals surface area contributed by atoms with Gasteiger partial charge in [0.05, 0.1) is 11.9 Å². The van der Waals surface area contributed by atoms with Crippen LogP contribution in [0.15, 0.2) is 11.7 Å². The predicted molar refractivity (Wildman–Crippen MR) is 45.3 cm³/mol. The van der Waals surface area contributed by atoms with Crippen molar-refractivity contribution in [1.82, 2.24) is 9.97 Å². The number of carbonyl (C=O) groups is 1. The Labute approximate surface area is 71.9 Å². The largest absolute Gasteiger partial charge is 0.481 e. The number of nitrogens with zero attached hydrogens (tertiary/aromatic N) is 1. The Kier molecular flexibility index (Phi) is 1.58. The summed E-state index contributed by atoms with van der Waals surface area (Å²) in [5.74, 6) is -0.830. The summed E-state index contributed by atoms with van der Waals surface area (Å²) in [6, 6.07) is 0. The minimum atomic E-state index is -0.830. The van der Waals surface area contributed by atoms with Crippen molar-refractivity contribution in [1.29, 1.82) is 0 Å². The number of rotatable bonds is 2. The van der Waals surface area contributed by atoms with E-state index in [1.807, 2.05) is 0 Å². The van der Waals surface area contributed by atoms with Gasteiger partial charge in [-0.1, -0.05) is 0 Å². The van der Waals surface area contributed by atoms with Gasteiger partial charge in [-0.05, 0) is 0 Å². The molecule has 2 rings (SSSR count). The number of aliphatic carboxylic acids is 1. The third-order valence-electron chi connectivity index (χ3n) is 1.59. The molecule has 2 N–H and O–H groups in total. The molecule has 2 aromatic rings. The second-order valence-electron chi connectivity index (χ2n) is 2.41. The van der Waals surface area contributed by atoms with Gasteiger partial charge in [0.25, 0.3) is 0 Å². The number of thiazole rings is 1. The molecule has 0 unspecified atom stereocenters. The van der Waals surface area contributed by atoms with Crippen LogP contribution in [0.25, 0.3) is 10.3 Å². The first-order valence-electron chi connectivity index (χ1n) is 3.38. The van der Waals surface area contributed by atoms with E-state index in [-0.39, 0.29) is 6.42 Å². The lowest BCUT2D eigenvalue weighted by Gasteiger charge is -1.87. The summed E-state index contributed by atoms with van der Waals surface area (Å²) in [4.78, 5) is 18.4. The maximum Gasteiger partial charge on any atom is 0.307 e. The molecule has 2 heterocycles. The normalized spacial score (nSPS) is 10.7. The van der Waals surface area contributed by atoms with Crippen LogP contribution in [0, 0.1) is 0 Å². The molecule has 0 radical (unpaired) electrons. The van der Waals surface area contributed by atoms with Gasteiger partial charge >= 0.3 is 5.97 Å². The number of fused-ring (bicyclic) bond motifs is 1. The van der Waals surface area contributed by atoms with Crippen LogP contribution in [0.5, 0.6) is 0 Å². The standard InChI is InChI=1S/C7H6N2O2S/c10-5(11)1-4-2-8-7-6(4)9-3-12-7/h2-3,8H,1H2,(H,10,11). The summed E-state index contributed by atoms with van der Waals surface area (Å²) in [7, 11) is 0. The van der Waals surface area contributed by atoms with Gasteiger partial charge in [0.2, 0.25) is 0 Å². The fourth-order valence-corrected chi connectivity index (χ4v) is 1.78. The third-order valence-corrected chi connectivity index (χ3v) is 2.35. The Morgan fingerprint density at radius 3 is 3.33 bits per heavy atom. The van der Waals surface area contributed by atoms with E-state index in [1.165, 1.54) is 11.3 Å². The molecule has 0 saturated carbocycles. The quantitative estimate of drug-likeness (QED) is 0.734. The Balaban J connectivity index is 2.47. The first-order chi connectivity index (χ1) is 5.77. The summed E-state index contributed by atoms with van der Waals surface area (Å²) < 4.78 is 0. The smallest absolute Gasteiger partial charge is 0.307 e. The number of carboxylic acid groups (broad SMARTS) is 1. The van der Waals surface area contributed by atoms with Crippen LogP contribution >= 0.6 is 11.3 Å². The van der Waals surface area contributed by atoms with Crippen molar-refractivity contribution in [2.45, 2.75) is 6.42 Å². The minimum absolute atomic E-state index is 0.0315. The fourth-order valence-electron chi connectivity index (χ4n) is 1.10. The molecule has 0 bridgehead atoms. The first-order valence-corrected chi connectivity index (χ1v) is 4.26. The van der Waals surface area contributed by atoms with Gasteiger partial charge in [-0.2, -0.15) is 0 Å². The van der Waals surface area contributed by atoms with E-state index in [9.17, 15) is 4.79 Å². The molecule has 0 atom stereocenters. The highest BCUT2D eigenvalue weighted by Gasteiger charge is 2.08. The Hall–Kier alpha value is -1.36. The highest BCUT2D eigenvalue weighted by atomic mass is 32.1. The minimum Gasteiger partial charge on any atom is -0.481 e. The lowest BCUT2D eigenvalue weighted by molar-refractivity contribution is -0.136. The topological polar surface area (TPSA) is 66.0 Å². The maximum absolute atomic E-state index is 10.4. The highest BCUT2D eigenvalue weighted by Crippen LogP contribution is 2.20. The molecule has 0 aliphatic carbocycles. The van der Waals surface area contributed by atoms with Crippen LogP contribution in [-0.2, 0) is 11.2 Å². The zero-order chi connectivity index (χ0) is 8.55. The molecule has 5 heteroatoms. The molecule has 0 amide bonds. The maximum atomic E-state index is 10.4. The molecule has 12 heavy (non-hydrogen) atoms. The molecule has 4 nitrogen and oxygen atoms in total. The number of hydrogen-bond donors (Lipinski definition) is 2. The van der Waals surface area contributed by atoms with Crippen LogP contribution in [-0.4, -0.2) is 21.0 Å². The molecule has 0 aliphatic heterocycles. The third kappa shape index (κ3) is 1.08. The predicted octanol–water partition coefficient (Wildman–Crippen LogP) is 1.25. The van der Waals surface area contributed by atoms with Crippen molar-refractivity contribution < 1.29 is 9.90 Å². The van der Waals surface area contributed by atoms with E-state index >= 15 is 0 Å². The highest BCUT2D eigenvalue weighted by molar-refractivity contribution is 7.16. The molecule has 0 aliphatic rings.